The number of nitrogens with zero attached hydrogens (tertiary/aromatic N) is 2. The standard InChI is InChI=1S/C19H17N5O3/c25-17(20-11-16-21-14-7-3-4-8-15(14)22-16)9-10-24-18(26)12-5-1-2-6-13(12)23-19(24)27/h1-8H,9-11H2,(H,20,25)(H,21,22)(H,23,27). The Kier molecular flexibility index (Phi) is 4.29. The lowest BCUT2D eigenvalue weighted by molar-refractivity contribution is -0.121. The molecule has 0 bridgehead atoms. The predicted molar refractivity (Wildman–Crippen MR) is 101 cm³/mol. The van der Waals surface area contributed by atoms with E-state index in [1.165, 1.54) is 0 Å². The number of amides is 1. The average molecular weight is 363 g/mol. The number of benzene rings is 2. The van der Waals surface area contributed by atoms with Gasteiger partial charge < -0.3 is 15.3 Å². The SMILES string of the molecule is O=C(CCn1c(=O)[nH]c2ccccc2c1=O)NCc1nc2ccccc2[nH]1. The number of rotatable bonds is 5. The largest absolute Gasteiger partial charge is 0.349 e. The lowest BCUT2D eigenvalue weighted by Gasteiger charge is -2.07. The molecular weight excluding hydrogens is 346 g/mol. The fraction of sp³-hybridized carbons (Fsp3) is 0.158. The smallest absolute Gasteiger partial charge is 0.328 e. The minimum atomic E-state index is -0.524. The number of hydrogen-bond donors (Lipinski definition) is 3. The summed E-state index contributed by atoms with van der Waals surface area (Å²) >= 11 is 0. The van der Waals surface area contributed by atoms with Gasteiger partial charge in [0.15, 0.2) is 0 Å². The van der Waals surface area contributed by atoms with Crippen molar-refractivity contribution in [1.29, 1.82) is 0 Å². The van der Waals surface area contributed by atoms with Crippen LogP contribution in [0.1, 0.15) is 12.2 Å². The number of fused-ring (bicyclic) bond motifs is 2. The van der Waals surface area contributed by atoms with Crippen LogP contribution in [0.2, 0.25) is 0 Å². The molecular formula is C19H17N5O3. The van der Waals surface area contributed by atoms with Gasteiger partial charge in [-0.1, -0.05) is 24.3 Å². The zero-order chi connectivity index (χ0) is 18.8. The van der Waals surface area contributed by atoms with Crippen LogP contribution < -0.4 is 16.6 Å². The van der Waals surface area contributed by atoms with Crippen molar-refractivity contribution in [1.82, 2.24) is 24.8 Å². The van der Waals surface area contributed by atoms with Crippen LogP contribution in [0.5, 0.6) is 0 Å². The summed E-state index contributed by atoms with van der Waals surface area (Å²) in [4.78, 5) is 46.8. The molecule has 0 unspecified atom stereocenters. The zero-order valence-electron chi connectivity index (χ0n) is 14.4. The maximum absolute atomic E-state index is 12.4. The second-order valence-corrected chi connectivity index (χ2v) is 6.16. The van der Waals surface area contributed by atoms with E-state index in [4.69, 9.17) is 0 Å². The summed E-state index contributed by atoms with van der Waals surface area (Å²) < 4.78 is 1.04. The van der Waals surface area contributed by atoms with Gasteiger partial charge in [0.2, 0.25) is 5.91 Å². The Balaban J connectivity index is 1.42. The number of aromatic amines is 2. The van der Waals surface area contributed by atoms with Gasteiger partial charge in [-0.15, -0.1) is 0 Å². The molecule has 0 aliphatic heterocycles. The summed E-state index contributed by atoms with van der Waals surface area (Å²) in [7, 11) is 0. The fourth-order valence-electron chi connectivity index (χ4n) is 2.98. The highest BCUT2D eigenvalue weighted by Crippen LogP contribution is 2.10. The second-order valence-electron chi connectivity index (χ2n) is 6.16. The Bertz CT molecular complexity index is 1220. The molecule has 0 atom stereocenters. The first-order valence-electron chi connectivity index (χ1n) is 8.54. The Morgan fingerprint density at radius 3 is 2.56 bits per heavy atom. The van der Waals surface area contributed by atoms with Crippen LogP contribution in [0.4, 0.5) is 0 Å². The summed E-state index contributed by atoms with van der Waals surface area (Å²) in [5.41, 5.74) is 1.29. The van der Waals surface area contributed by atoms with E-state index in [0.717, 1.165) is 15.6 Å². The number of H-pyrrole nitrogens is 2. The lowest BCUT2D eigenvalue weighted by atomic mass is 10.2. The highest BCUT2D eigenvalue weighted by molar-refractivity contribution is 5.78. The van der Waals surface area contributed by atoms with Crippen molar-refractivity contribution < 1.29 is 4.79 Å². The summed E-state index contributed by atoms with van der Waals surface area (Å²) in [5, 5.41) is 3.16. The molecule has 2 heterocycles. The van der Waals surface area contributed by atoms with Gasteiger partial charge >= 0.3 is 5.69 Å². The topological polar surface area (TPSA) is 113 Å². The second kappa shape index (κ2) is 6.91. The molecule has 1 amide bonds. The third-order valence-corrected chi connectivity index (χ3v) is 4.34. The van der Waals surface area contributed by atoms with Gasteiger partial charge in [0, 0.05) is 13.0 Å². The Morgan fingerprint density at radius 2 is 1.74 bits per heavy atom. The number of carbonyl (C=O) groups excluding carboxylic acids is 1. The molecule has 0 saturated carbocycles. The fourth-order valence-corrected chi connectivity index (χ4v) is 2.98. The monoisotopic (exact) mass is 363 g/mol. The van der Waals surface area contributed by atoms with E-state index < -0.39 is 11.2 Å². The molecule has 4 rings (SSSR count). The number of carbonyl (C=O) groups is 1. The highest BCUT2D eigenvalue weighted by atomic mass is 16.2. The van der Waals surface area contributed by atoms with Crippen LogP contribution in [0.25, 0.3) is 21.9 Å². The normalized spacial score (nSPS) is 11.1. The molecule has 0 radical (unpaired) electrons. The van der Waals surface area contributed by atoms with Gasteiger partial charge in [0.05, 0.1) is 28.5 Å². The van der Waals surface area contributed by atoms with Gasteiger partial charge in [-0.25, -0.2) is 9.78 Å². The lowest BCUT2D eigenvalue weighted by Crippen LogP contribution is -2.36. The van der Waals surface area contributed by atoms with Crippen molar-refractivity contribution in [3.05, 3.63) is 75.2 Å². The first kappa shape index (κ1) is 16.8. The third kappa shape index (κ3) is 3.37. The molecule has 3 N–H and O–H groups in total. The van der Waals surface area contributed by atoms with Gasteiger partial charge in [-0.2, -0.15) is 0 Å². The van der Waals surface area contributed by atoms with E-state index in [1.807, 2.05) is 24.3 Å². The summed E-state index contributed by atoms with van der Waals surface area (Å²) in [6, 6.07) is 14.4. The van der Waals surface area contributed by atoms with Crippen molar-refractivity contribution in [2.45, 2.75) is 19.5 Å². The zero-order valence-corrected chi connectivity index (χ0v) is 14.4. The van der Waals surface area contributed by atoms with Gasteiger partial charge in [0.25, 0.3) is 5.56 Å². The van der Waals surface area contributed by atoms with Crippen LogP contribution in [-0.4, -0.2) is 25.4 Å². The first-order valence-corrected chi connectivity index (χ1v) is 8.54. The Hall–Kier alpha value is -3.68. The summed E-state index contributed by atoms with van der Waals surface area (Å²) in [5.74, 6) is 0.375. The van der Waals surface area contributed by atoms with Crippen molar-refractivity contribution in [2.24, 2.45) is 0 Å². The van der Waals surface area contributed by atoms with E-state index in [1.54, 1.807) is 24.3 Å². The van der Waals surface area contributed by atoms with E-state index in [2.05, 4.69) is 20.3 Å². The molecule has 4 aromatic rings. The Morgan fingerprint density at radius 1 is 1.00 bits per heavy atom. The first-order chi connectivity index (χ1) is 13.1. The van der Waals surface area contributed by atoms with E-state index in [9.17, 15) is 14.4 Å². The quantitative estimate of drug-likeness (QED) is 0.496. The van der Waals surface area contributed by atoms with Crippen LogP contribution in [-0.2, 0) is 17.9 Å². The van der Waals surface area contributed by atoms with E-state index in [0.29, 0.717) is 16.7 Å². The highest BCUT2D eigenvalue weighted by Gasteiger charge is 2.10. The van der Waals surface area contributed by atoms with Crippen molar-refractivity contribution >= 4 is 27.8 Å². The molecule has 0 spiro atoms. The molecule has 136 valence electrons. The van der Waals surface area contributed by atoms with Crippen molar-refractivity contribution in [3.8, 4) is 0 Å². The minimum Gasteiger partial charge on any atom is -0.349 e. The predicted octanol–water partition coefficient (Wildman–Crippen LogP) is 1.27. The molecule has 0 aliphatic rings. The minimum absolute atomic E-state index is 0.00493. The van der Waals surface area contributed by atoms with Gasteiger partial charge in [-0.05, 0) is 24.3 Å². The molecule has 2 aromatic carbocycles. The molecule has 0 saturated heterocycles. The van der Waals surface area contributed by atoms with Crippen LogP contribution in [0.15, 0.2) is 58.1 Å². The van der Waals surface area contributed by atoms with Crippen molar-refractivity contribution in [3.63, 3.8) is 0 Å². The number of imidazole rings is 1. The average Bonchev–Trinajstić information content (AvgIpc) is 3.09. The van der Waals surface area contributed by atoms with Gasteiger partial charge in [0.1, 0.15) is 5.82 Å². The molecule has 0 aliphatic carbocycles. The molecule has 27 heavy (non-hydrogen) atoms. The van der Waals surface area contributed by atoms with Gasteiger partial charge in [-0.3, -0.25) is 14.2 Å². The van der Waals surface area contributed by atoms with Crippen LogP contribution >= 0.6 is 0 Å². The Labute approximate surface area is 152 Å². The number of aromatic nitrogens is 4. The molecule has 8 nitrogen and oxygen atoms in total. The molecule has 0 fully saturated rings. The maximum Gasteiger partial charge on any atom is 0.328 e. The molecule has 8 heteroatoms. The van der Waals surface area contributed by atoms with E-state index in [-0.39, 0.29) is 25.4 Å². The number of para-hydroxylation sites is 3. The van der Waals surface area contributed by atoms with Crippen molar-refractivity contribution in [2.75, 3.05) is 0 Å². The maximum atomic E-state index is 12.4. The van der Waals surface area contributed by atoms with Crippen LogP contribution in [0, 0.1) is 0 Å². The summed E-state index contributed by atoms with van der Waals surface area (Å²) in [6.45, 7) is 0.251. The third-order valence-electron chi connectivity index (χ3n) is 4.34. The number of hydrogen-bond acceptors (Lipinski definition) is 4. The number of nitrogens with one attached hydrogen (secondary N) is 3. The van der Waals surface area contributed by atoms with E-state index >= 15 is 0 Å². The van der Waals surface area contributed by atoms with Crippen LogP contribution in [0.3, 0.4) is 0 Å². The summed E-state index contributed by atoms with van der Waals surface area (Å²) in [6.07, 6.45) is 0.0154. The molecule has 2 aromatic heterocycles.